The number of nitrogens with one attached hydrogen (secondary N) is 1. The fourth-order valence-electron chi connectivity index (χ4n) is 2.61. The maximum Gasteiger partial charge on any atom is 0.330 e. The van der Waals surface area contributed by atoms with Crippen molar-refractivity contribution in [1.29, 1.82) is 0 Å². The van der Waals surface area contributed by atoms with Gasteiger partial charge in [-0.1, -0.05) is 19.6 Å². The lowest BCUT2D eigenvalue weighted by Crippen LogP contribution is -2.45. The van der Waals surface area contributed by atoms with Crippen LogP contribution in [0.1, 0.15) is 13.2 Å². The summed E-state index contributed by atoms with van der Waals surface area (Å²) in [6.45, 7) is 8.67. The minimum atomic E-state index is -1.75. The van der Waals surface area contributed by atoms with E-state index in [4.69, 9.17) is 14.2 Å². The van der Waals surface area contributed by atoms with E-state index in [1.54, 1.807) is 0 Å². The van der Waals surface area contributed by atoms with Crippen molar-refractivity contribution in [2.45, 2.75) is 57.0 Å². The second kappa shape index (κ2) is 7.93. The van der Waals surface area contributed by atoms with Gasteiger partial charge < -0.3 is 24.4 Å². The van der Waals surface area contributed by atoms with Crippen molar-refractivity contribution in [3.05, 3.63) is 33.1 Å². The van der Waals surface area contributed by atoms with Gasteiger partial charge in [0, 0.05) is 18.9 Å². The van der Waals surface area contributed by atoms with Crippen molar-refractivity contribution >= 4 is 8.07 Å². The van der Waals surface area contributed by atoms with Crippen LogP contribution in [0.3, 0.4) is 0 Å². The SMILES string of the molecule is CCOC(OC[C@H]1O[C@@H](n2ccc(=O)[nH]c2=O)[C@H](O)[C@@H]1O)[Si](C)(C)C. The van der Waals surface area contributed by atoms with Crippen LogP contribution >= 0.6 is 0 Å². The molecule has 1 aliphatic rings. The zero-order chi connectivity index (χ0) is 18.8. The number of rotatable bonds is 7. The van der Waals surface area contributed by atoms with E-state index < -0.39 is 43.9 Å². The summed E-state index contributed by atoms with van der Waals surface area (Å²) in [7, 11) is -1.75. The van der Waals surface area contributed by atoms with Crippen LogP contribution in [-0.2, 0) is 14.2 Å². The summed E-state index contributed by atoms with van der Waals surface area (Å²) in [5.41, 5.74) is -1.27. The van der Waals surface area contributed by atoms with Gasteiger partial charge in [0.1, 0.15) is 32.3 Å². The number of aromatic nitrogens is 2. The number of hydrogen-bond donors (Lipinski definition) is 3. The van der Waals surface area contributed by atoms with Crippen LogP contribution in [0.4, 0.5) is 0 Å². The van der Waals surface area contributed by atoms with Gasteiger partial charge in [0.2, 0.25) is 0 Å². The summed E-state index contributed by atoms with van der Waals surface area (Å²) in [5, 5.41) is 20.4. The zero-order valence-corrected chi connectivity index (χ0v) is 15.8. The van der Waals surface area contributed by atoms with Crippen LogP contribution in [0.5, 0.6) is 0 Å². The normalized spacial score (nSPS) is 28.2. The highest BCUT2D eigenvalue weighted by atomic mass is 28.3. The van der Waals surface area contributed by atoms with Crippen molar-refractivity contribution in [3.8, 4) is 0 Å². The Kier molecular flexibility index (Phi) is 6.35. The van der Waals surface area contributed by atoms with Crippen LogP contribution in [-0.4, -0.2) is 65.3 Å². The smallest absolute Gasteiger partial charge is 0.330 e. The fraction of sp³-hybridized carbons (Fsp3) is 0.733. The minimum absolute atomic E-state index is 0.0156. The Bertz CT molecular complexity index is 683. The fourth-order valence-corrected chi connectivity index (χ4v) is 3.87. The predicted molar refractivity (Wildman–Crippen MR) is 92.0 cm³/mol. The molecule has 0 bridgehead atoms. The second-order valence-corrected chi connectivity index (χ2v) is 12.3. The van der Waals surface area contributed by atoms with E-state index in [1.807, 2.05) is 6.92 Å². The first-order chi connectivity index (χ1) is 11.6. The molecule has 1 aromatic rings. The summed E-state index contributed by atoms with van der Waals surface area (Å²) in [6.07, 6.45) is -3.26. The van der Waals surface area contributed by atoms with Crippen molar-refractivity contribution in [3.63, 3.8) is 0 Å². The molecule has 1 aliphatic heterocycles. The molecule has 0 spiro atoms. The van der Waals surface area contributed by atoms with Gasteiger partial charge in [-0.25, -0.2) is 4.79 Å². The van der Waals surface area contributed by atoms with E-state index in [1.165, 1.54) is 6.20 Å². The number of aliphatic hydroxyl groups excluding tert-OH is 2. The average molecular weight is 374 g/mol. The van der Waals surface area contributed by atoms with Crippen LogP contribution < -0.4 is 11.2 Å². The van der Waals surface area contributed by atoms with Gasteiger partial charge >= 0.3 is 5.69 Å². The summed E-state index contributed by atoms with van der Waals surface area (Å²) >= 11 is 0. The van der Waals surface area contributed by atoms with E-state index >= 15 is 0 Å². The van der Waals surface area contributed by atoms with Crippen LogP contribution in [0.15, 0.2) is 21.9 Å². The molecule has 0 aromatic carbocycles. The lowest BCUT2D eigenvalue weighted by atomic mass is 10.1. The number of nitrogens with zero attached hydrogens (tertiary/aromatic N) is 1. The number of hydrogen-bond acceptors (Lipinski definition) is 7. The first-order valence-corrected chi connectivity index (χ1v) is 11.8. The van der Waals surface area contributed by atoms with Crippen LogP contribution in [0.25, 0.3) is 0 Å². The molecule has 142 valence electrons. The van der Waals surface area contributed by atoms with Gasteiger partial charge in [0.05, 0.1) is 6.61 Å². The van der Waals surface area contributed by atoms with E-state index in [0.717, 1.165) is 10.6 Å². The molecule has 0 aliphatic carbocycles. The highest BCUT2D eigenvalue weighted by molar-refractivity contribution is 6.76. The molecule has 1 saturated heterocycles. The third-order valence-electron chi connectivity index (χ3n) is 3.90. The average Bonchev–Trinajstić information content (AvgIpc) is 2.78. The minimum Gasteiger partial charge on any atom is -0.387 e. The van der Waals surface area contributed by atoms with Gasteiger partial charge in [0.15, 0.2) is 6.23 Å². The monoisotopic (exact) mass is 374 g/mol. The van der Waals surface area contributed by atoms with Gasteiger partial charge in [-0.15, -0.1) is 0 Å². The molecule has 25 heavy (non-hydrogen) atoms. The number of aliphatic hydroxyl groups is 2. The summed E-state index contributed by atoms with van der Waals surface area (Å²) in [6, 6.07) is 1.14. The summed E-state index contributed by atoms with van der Waals surface area (Å²) in [5.74, 6) is -0.375. The Hall–Kier alpha value is -1.30. The maximum atomic E-state index is 11.9. The van der Waals surface area contributed by atoms with Crippen molar-refractivity contribution in [1.82, 2.24) is 9.55 Å². The molecule has 5 atom stereocenters. The molecule has 0 saturated carbocycles. The van der Waals surface area contributed by atoms with Crippen molar-refractivity contribution in [2.75, 3.05) is 13.2 Å². The Morgan fingerprint density at radius 3 is 2.52 bits per heavy atom. The van der Waals surface area contributed by atoms with Gasteiger partial charge in [-0.3, -0.25) is 14.3 Å². The molecule has 10 heteroatoms. The lowest BCUT2D eigenvalue weighted by Gasteiger charge is -2.29. The third-order valence-corrected chi connectivity index (χ3v) is 5.65. The topological polar surface area (TPSA) is 123 Å². The molecule has 9 nitrogen and oxygen atoms in total. The Balaban J connectivity index is 2.09. The second-order valence-electron chi connectivity index (χ2n) is 7.05. The molecule has 0 amide bonds. The molecule has 2 heterocycles. The van der Waals surface area contributed by atoms with Crippen LogP contribution in [0, 0.1) is 0 Å². The van der Waals surface area contributed by atoms with E-state index in [2.05, 4.69) is 24.6 Å². The Morgan fingerprint density at radius 2 is 1.96 bits per heavy atom. The third kappa shape index (κ3) is 4.66. The lowest BCUT2D eigenvalue weighted by molar-refractivity contribution is -0.135. The van der Waals surface area contributed by atoms with E-state index in [-0.39, 0.29) is 12.5 Å². The highest BCUT2D eigenvalue weighted by Crippen LogP contribution is 2.29. The Morgan fingerprint density at radius 1 is 1.28 bits per heavy atom. The number of ether oxygens (including phenoxy) is 3. The van der Waals surface area contributed by atoms with Gasteiger partial charge in [-0.2, -0.15) is 0 Å². The number of H-pyrrole nitrogens is 1. The molecule has 1 unspecified atom stereocenters. The van der Waals surface area contributed by atoms with Crippen molar-refractivity contribution in [2.24, 2.45) is 0 Å². The maximum absolute atomic E-state index is 11.9. The Labute approximate surface area is 146 Å². The molecule has 0 radical (unpaired) electrons. The van der Waals surface area contributed by atoms with Crippen molar-refractivity contribution < 1.29 is 24.4 Å². The van der Waals surface area contributed by atoms with E-state index in [9.17, 15) is 19.8 Å². The quantitative estimate of drug-likeness (QED) is 0.431. The summed E-state index contributed by atoms with van der Waals surface area (Å²) < 4.78 is 18.0. The van der Waals surface area contributed by atoms with Crippen LogP contribution in [0.2, 0.25) is 19.6 Å². The predicted octanol–water partition coefficient (Wildman–Crippen LogP) is -0.588. The zero-order valence-electron chi connectivity index (χ0n) is 14.8. The highest BCUT2D eigenvalue weighted by Gasteiger charge is 2.45. The molecule has 1 aromatic heterocycles. The van der Waals surface area contributed by atoms with Gasteiger partial charge in [0.25, 0.3) is 5.56 Å². The standard InChI is InChI=1S/C15H26N2O7Si/c1-5-22-15(25(2,3)4)23-8-9-11(19)12(20)13(24-9)17-7-6-10(18)16-14(17)21/h6-7,9,11-13,15,19-20H,5,8H2,1-4H3,(H,16,18,21)/t9-,11-,12-,13-,15?/m1/s1. The first kappa shape index (κ1) is 20.0. The largest absolute Gasteiger partial charge is 0.387 e. The van der Waals surface area contributed by atoms with E-state index in [0.29, 0.717) is 6.61 Å². The molecule has 2 rings (SSSR count). The molecule has 3 N–H and O–H groups in total. The van der Waals surface area contributed by atoms with Gasteiger partial charge in [-0.05, 0) is 6.92 Å². The number of aromatic amines is 1. The molecule has 1 fully saturated rings. The molecular formula is C15H26N2O7Si. The summed E-state index contributed by atoms with van der Waals surface area (Å²) in [4.78, 5) is 25.1. The molecular weight excluding hydrogens is 348 g/mol. The first-order valence-electron chi connectivity index (χ1n) is 8.21.